The summed E-state index contributed by atoms with van der Waals surface area (Å²) in [6.07, 6.45) is 1.11. The molecule has 0 radical (unpaired) electrons. The molecule has 26 heavy (non-hydrogen) atoms. The maximum atomic E-state index is 12.2. The smallest absolute Gasteiger partial charge is 0.269 e. The van der Waals surface area contributed by atoms with Crippen LogP contribution >= 0.6 is 0 Å². The summed E-state index contributed by atoms with van der Waals surface area (Å²) >= 11 is 0. The van der Waals surface area contributed by atoms with Crippen LogP contribution in [0.1, 0.15) is 54.2 Å². The van der Waals surface area contributed by atoms with Gasteiger partial charge in [0.1, 0.15) is 0 Å². The maximum absolute atomic E-state index is 12.2. The number of nitro groups is 1. The number of amides is 1. The Morgan fingerprint density at radius 2 is 1.81 bits per heavy atom. The number of carbonyl (C=O) groups excluding carboxylic acids is 2. The second kappa shape index (κ2) is 8.89. The molecule has 0 aliphatic heterocycles. The monoisotopic (exact) mass is 354 g/mol. The van der Waals surface area contributed by atoms with Crippen molar-refractivity contribution in [3.63, 3.8) is 0 Å². The fraction of sp³-hybridized carbons (Fsp3) is 0.300. The zero-order valence-corrected chi connectivity index (χ0v) is 14.9. The molecule has 2 aromatic rings. The highest BCUT2D eigenvalue weighted by Crippen LogP contribution is 2.19. The van der Waals surface area contributed by atoms with Crippen LogP contribution in [-0.2, 0) is 11.2 Å². The van der Waals surface area contributed by atoms with Crippen LogP contribution in [0.4, 0.5) is 5.69 Å². The van der Waals surface area contributed by atoms with Crippen LogP contribution in [0.5, 0.6) is 0 Å². The fourth-order valence-corrected chi connectivity index (χ4v) is 2.60. The topological polar surface area (TPSA) is 89.3 Å². The van der Waals surface area contributed by atoms with E-state index in [1.54, 1.807) is 31.2 Å². The van der Waals surface area contributed by atoms with Crippen LogP contribution in [0.3, 0.4) is 0 Å². The minimum Gasteiger partial charge on any atom is -0.350 e. The second-order valence-corrected chi connectivity index (χ2v) is 6.11. The molecular formula is C20H22N2O4. The average molecular weight is 354 g/mol. The molecule has 0 bridgehead atoms. The van der Waals surface area contributed by atoms with Gasteiger partial charge in [0.25, 0.3) is 5.69 Å². The van der Waals surface area contributed by atoms with Crippen molar-refractivity contribution in [2.24, 2.45) is 0 Å². The number of nitrogens with one attached hydrogen (secondary N) is 1. The van der Waals surface area contributed by atoms with Crippen molar-refractivity contribution in [3.8, 4) is 0 Å². The first kappa shape index (κ1) is 19.3. The van der Waals surface area contributed by atoms with E-state index in [0.717, 1.165) is 12.0 Å². The van der Waals surface area contributed by atoms with Crippen LogP contribution in [0.15, 0.2) is 48.5 Å². The van der Waals surface area contributed by atoms with Gasteiger partial charge in [-0.1, -0.05) is 43.3 Å². The quantitative estimate of drug-likeness (QED) is 0.441. The minimum absolute atomic E-state index is 0.0192. The van der Waals surface area contributed by atoms with Gasteiger partial charge in [-0.25, -0.2) is 0 Å². The lowest BCUT2D eigenvalue weighted by Crippen LogP contribution is -2.27. The lowest BCUT2D eigenvalue weighted by molar-refractivity contribution is -0.384. The van der Waals surface area contributed by atoms with Crippen molar-refractivity contribution < 1.29 is 14.5 Å². The Hall–Kier alpha value is -3.02. The van der Waals surface area contributed by atoms with Gasteiger partial charge >= 0.3 is 0 Å². The Morgan fingerprint density at radius 3 is 2.42 bits per heavy atom. The number of nitro benzene ring substituents is 1. The summed E-state index contributed by atoms with van der Waals surface area (Å²) in [5, 5.41) is 13.6. The predicted octanol–water partition coefficient (Wildman–Crippen LogP) is 4.00. The lowest BCUT2D eigenvalue weighted by Gasteiger charge is -2.14. The van der Waals surface area contributed by atoms with E-state index in [9.17, 15) is 19.7 Å². The van der Waals surface area contributed by atoms with Crippen molar-refractivity contribution in [1.82, 2.24) is 5.32 Å². The maximum Gasteiger partial charge on any atom is 0.269 e. The third kappa shape index (κ3) is 5.24. The molecule has 136 valence electrons. The Kier molecular flexibility index (Phi) is 6.60. The molecule has 0 heterocycles. The van der Waals surface area contributed by atoms with Crippen LogP contribution < -0.4 is 5.32 Å². The molecule has 1 atom stereocenters. The van der Waals surface area contributed by atoms with E-state index in [4.69, 9.17) is 0 Å². The Morgan fingerprint density at radius 1 is 1.12 bits per heavy atom. The highest BCUT2D eigenvalue weighted by Gasteiger charge is 2.14. The normalized spacial score (nSPS) is 11.6. The summed E-state index contributed by atoms with van der Waals surface area (Å²) in [6.45, 7) is 3.80. The summed E-state index contributed by atoms with van der Waals surface area (Å²) in [4.78, 5) is 34.6. The van der Waals surface area contributed by atoms with Crippen LogP contribution in [0, 0.1) is 10.1 Å². The number of Topliss-reactive ketones (excluding diaryl/α,β-unsaturated/α-hetero) is 1. The number of rotatable bonds is 8. The van der Waals surface area contributed by atoms with E-state index in [0.29, 0.717) is 11.1 Å². The zero-order chi connectivity index (χ0) is 19.1. The van der Waals surface area contributed by atoms with Crippen LogP contribution in [-0.4, -0.2) is 16.6 Å². The van der Waals surface area contributed by atoms with E-state index >= 15 is 0 Å². The summed E-state index contributed by atoms with van der Waals surface area (Å²) in [6, 6.07) is 13.2. The summed E-state index contributed by atoms with van der Waals surface area (Å²) in [7, 11) is 0. The van der Waals surface area contributed by atoms with E-state index in [1.807, 2.05) is 19.1 Å². The van der Waals surface area contributed by atoms with Gasteiger partial charge in [0, 0.05) is 30.5 Å². The third-order valence-corrected chi connectivity index (χ3v) is 4.22. The molecule has 2 aromatic carbocycles. The second-order valence-electron chi connectivity index (χ2n) is 6.11. The molecule has 0 aliphatic rings. The minimum atomic E-state index is -0.472. The van der Waals surface area contributed by atoms with E-state index in [2.05, 4.69) is 5.32 Å². The molecule has 0 saturated heterocycles. The Balaban J connectivity index is 1.88. The van der Waals surface area contributed by atoms with Crippen molar-refractivity contribution in [3.05, 3.63) is 75.3 Å². The predicted molar refractivity (Wildman–Crippen MR) is 99.0 cm³/mol. The molecule has 0 saturated carbocycles. The zero-order valence-electron chi connectivity index (χ0n) is 14.9. The largest absolute Gasteiger partial charge is 0.350 e. The van der Waals surface area contributed by atoms with Crippen molar-refractivity contribution in [2.45, 2.75) is 39.2 Å². The SMILES string of the molecule is CCc1ccc(C(=O)CCC(=O)NC(C)c2cccc([N+](=O)[O-])c2)cc1. The number of nitrogens with zero attached hydrogens (tertiary/aromatic N) is 1. The molecule has 0 aliphatic carbocycles. The van der Waals surface area contributed by atoms with Gasteiger partial charge in [0.05, 0.1) is 11.0 Å². The fourth-order valence-electron chi connectivity index (χ4n) is 2.60. The van der Waals surface area contributed by atoms with E-state index < -0.39 is 4.92 Å². The molecule has 0 spiro atoms. The average Bonchev–Trinajstić information content (AvgIpc) is 2.66. The highest BCUT2D eigenvalue weighted by atomic mass is 16.6. The molecule has 1 amide bonds. The van der Waals surface area contributed by atoms with Gasteiger partial charge in [0.15, 0.2) is 5.78 Å². The molecule has 0 fully saturated rings. The Bertz CT molecular complexity index is 800. The molecule has 6 nitrogen and oxygen atoms in total. The summed E-state index contributed by atoms with van der Waals surface area (Å²) in [5.74, 6) is -0.340. The third-order valence-electron chi connectivity index (χ3n) is 4.22. The number of hydrogen-bond donors (Lipinski definition) is 1. The molecule has 1 N–H and O–H groups in total. The van der Waals surface area contributed by atoms with Gasteiger partial charge in [0.2, 0.25) is 5.91 Å². The van der Waals surface area contributed by atoms with Crippen LogP contribution in [0.2, 0.25) is 0 Å². The van der Waals surface area contributed by atoms with Gasteiger partial charge < -0.3 is 5.32 Å². The number of carbonyl (C=O) groups is 2. The Labute approximate surface area is 152 Å². The van der Waals surface area contributed by atoms with Crippen molar-refractivity contribution >= 4 is 17.4 Å². The molecule has 2 rings (SSSR count). The highest BCUT2D eigenvalue weighted by molar-refractivity contribution is 5.98. The van der Waals surface area contributed by atoms with Crippen molar-refractivity contribution in [1.29, 1.82) is 0 Å². The first-order valence-electron chi connectivity index (χ1n) is 8.56. The van der Waals surface area contributed by atoms with Gasteiger partial charge in [-0.15, -0.1) is 0 Å². The first-order chi connectivity index (χ1) is 12.4. The van der Waals surface area contributed by atoms with E-state index in [-0.39, 0.29) is 36.3 Å². The number of benzene rings is 2. The molecular weight excluding hydrogens is 332 g/mol. The van der Waals surface area contributed by atoms with E-state index in [1.165, 1.54) is 12.1 Å². The molecule has 1 unspecified atom stereocenters. The summed E-state index contributed by atoms with van der Waals surface area (Å²) in [5.41, 5.74) is 2.38. The standard InChI is InChI=1S/C20H22N2O4/c1-3-15-7-9-16(10-8-15)19(23)11-12-20(24)21-14(2)17-5-4-6-18(13-17)22(25)26/h4-10,13-14H,3,11-12H2,1-2H3,(H,21,24). The number of hydrogen-bond acceptors (Lipinski definition) is 4. The number of aryl methyl sites for hydroxylation is 1. The molecule has 6 heteroatoms. The van der Waals surface area contributed by atoms with Gasteiger partial charge in [-0.3, -0.25) is 19.7 Å². The lowest BCUT2D eigenvalue weighted by atomic mass is 10.0. The molecule has 0 aromatic heterocycles. The number of non-ortho nitro benzene ring substituents is 1. The number of ketones is 1. The summed E-state index contributed by atoms with van der Waals surface area (Å²) < 4.78 is 0. The van der Waals surface area contributed by atoms with Gasteiger partial charge in [-0.2, -0.15) is 0 Å². The van der Waals surface area contributed by atoms with Crippen molar-refractivity contribution in [2.75, 3.05) is 0 Å². The first-order valence-corrected chi connectivity index (χ1v) is 8.56. The van der Waals surface area contributed by atoms with Gasteiger partial charge in [-0.05, 0) is 24.5 Å². The van der Waals surface area contributed by atoms with Crippen LogP contribution in [0.25, 0.3) is 0 Å².